The van der Waals surface area contributed by atoms with Crippen LogP contribution in [0.4, 0.5) is 0 Å². The van der Waals surface area contributed by atoms with Gasteiger partial charge in [-0.25, -0.2) is 0 Å². The summed E-state index contributed by atoms with van der Waals surface area (Å²) in [5.41, 5.74) is 0. The lowest BCUT2D eigenvalue weighted by molar-refractivity contribution is -0.119. The fourth-order valence-electron chi connectivity index (χ4n) is 7.28. The van der Waals surface area contributed by atoms with E-state index in [1.54, 1.807) is 0 Å². The Morgan fingerprint density at radius 1 is 0.234 bits per heavy atom. The van der Waals surface area contributed by atoms with Crippen LogP contribution < -0.4 is 0 Å². The molecule has 0 aromatic carbocycles. The van der Waals surface area contributed by atoms with Gasteiger partial charge in [-0.15, -0.1) is 0 Å². The monoisotopic (exact) mass is 663 g/mol. The molecule has 0 aliphatic carbocycles. The van der Waals surface area contributed by atoms with Gasteiger partial charge >= 0.3 is 0 Å². The Morgan fingerprint density at radius 2 is 0.362 bits per heavy atom. The van der Waals surface area contributed by atoms with Crippen LogP contribution in [-0.4, -0.2) is 5.78 Å². The molecule has 0 fully saturated rings. The second-order valence-corrected chi connectivity index (χ2v) is 15.5. The first-order chi connectivity index (χ1) is 22.8. The van der Waals surface area contributed by atoms with Gasteiger partial charge in [-0.3, -0.25) is 4.79 Å². The van der Waals surface area contributed by atoms with Crippen LogP contribution in [0.3, 0.4) is 0 Å². The Morgan fingerprint density at radius 3 is 0.511 bits per heavy atom. The number of carbonyl (C=O) groups excluding carboxylic acids is 1. The van der Waals surface area contributed by atoms with Gasteiger partial charge in [0.1, 0.15) is 5.78 Å². The third-order valence-corrected chi connectivity index (χ3v) is 10.6. The number of hydrogen-bond acceptors (Lipinski definition) is 1. The van der Waals surface area contributed by atoms with Crippen molar-refractivity contribution in [1.29, 1.82) is 0 Å². The Labute approximate surface area is 300 Å². The second-order valence-electron chi connectivity index (χ2n) is 15.5. The molecule has 0 N–H and O–H groups in total. The van der Waals surface area contributed by atoms with E-state index in [0.717, 1.165) is 25.7 Å². The number of carbonyl (C=O) groups is 1. The minimum Gasteiger partial charge on any atom is -0.300 e. The van der Waals surface area contributed by atoms with Crippen LogP contribution in [0.5, 0.6) is 0 Å². The maximum atomic E-state index is 12.2. The van der Waals surface area contributed by atoms with Crippen molar-refractivity contribution in [2.75, 3.05) is 0 Å². The van der Waals surface area contributed by atoms with Crippen molar-refractivity contribution in [3.8, 4) is 0 Å². The highest BCUT2D eigenvalue weighted by Gasteiger charge is 2.02. The Hall–Kier alpha value is -0.330. The SMILES string of the molecule is C.CCCCCCCCCCCCCCCCCCCCCCC(=O)CCCCCCCCCCCCCCCCCCCCCC. The summed E-state index contributed by atoms with van der Waals surface area (Å²) < 4.78 is 0. The van der Waals surface area contributed by atoms with Gasteiger partial charge in [0, 0.05) is 12.8 Å². The van der Waals surface area contributed by atoms with Gasteiger partial charge < -0.3 is 0 Å². The van der Waals surface area contributed by atoms with Crippen molar-refractivity contribution >= 4 is 5.78 Å². The lowest BCUT2D eigenvalue weighted by Crippen LogP contribution is -1.97. The van der Waals surface area contributed by atoms with Crippen molar-refractivity contribution in [3.63, 3.8) is 0 Å². The zero-order valence-electron chi connectivity index (χ0n) is 32.6. The molecule has 0 heterocycles. The third kappa shape index (κ3) is 45.7. The molecule has 0 aromatic heterocycles. The number of ketones is 1. The summed E-state index contributed by atoms with van der Waals surface area (Å²) in [6.45, 7) is 4.60. The van der Waals surface area contributed by atoms with Gasteiger partial charge in [0.25, 0.3) is 0 Å². The van der Waals surface area contributed by atoms with Crippen molar-refractivity contribution in [2.45, 2.75) is 291 Å². The molecular weight excluding hydrogens is 569 g/mol. The van der Waals surface area contributed by atoms with Crippen molar-refractivity contribution in [2.24, 2.45) is 0 Å². The minimum absolute atomic E-state index is 0. The van der Waals surface area contributed by atoms with Gasteiger partial charge in [-0.2, -0.15) is 0 Å². The van der Waals surface area contributed by atoms with Gasteiger partial charge in [0.2, 0.25) is 0 Å². The lowest BCUT2D eigenvalue weighted by Gasteiger charge is -2.05. The maximum Gasteiger partial charge on any atom is 0.132 e. The molecule has 0 aromatic rings. The first kappa shape index (κ1) is 48.8. The lowest BCUT2D eigenvalue weighted by atomic mass is 10.0. The molecular formula is C46H94O. The summed E-state index contributed by atoms with van der Waals surface area (Å²) in [5, 5.41) is 0. The highest BCUT2D eigenvalue weighted by molar-refractivity contribution is 5.78. The van der Waals surface area contributed by atoms with E-state index in [9.17, 15) is 4.79 Å². The maximum absolute atomic E-state index is 12.2. The molecule has 0 bridgehead atoms. The summed E-state index contributed by atoms with van der Waals surface area (Å²) in [6, 6.07) is 0. The number of unbranched alkanes of at least 4 members (excludes halogenated alkanes) is 38. The zero-order valence-corrected chi connectivity index (χ0v) is 32.6. The molecule has 284 valence electrons. The first-order valence-corrected chi connectivity index (χ1v) is 22.3. The number of rotatable bonds is 42. The zero-order chi connectivity index (χ0) is 33.3. The summed E-state index contributed by atoms with van der Waals surface area (Å²) in [4.78, 5) is 12.2. The molecule has 0 unspecified atom stereocenters. The second kappa shape index (κ2) is 45.7. The average Bonchev–Trinajstić information content (AvgIpc) is 3.06. The van der Waals surface area contributed by atoms with Crippen LogP contribution in [-0.2, 0) is 4.79 Å². The molecule has 0 amide bonds. The van der Waals surface area contributed by atoms with E-state index in [-0.39, 0.29) is 7.43 Å². The Balaban J connectivity index is 0. The highest BCUT2D eigenvalue weighted by atomic mass is 16.1. The molecule has 1 heteroatoms. The van der Waals surface area contributed by atoms with Crippen LogP contribution in [0, 0.1) is 0 Å². The Kier molecular flexibility index (Phi) is 47.4. The minimum atomic E-state index is 0. The predicted octanol–water partition coefficient (Wildman–Crippen LogP) is 17.6. The van der Waals surface area contributed by atoms with E-state index >= 15 is 0 Å². The summed E-state index contributed by atoms with van der Waals surface area (Å²) in [5.74, 6) is 0.532. The summed E-state index contributed by atoms with van der Waals surface area (Å²) in [7, 11) is 0. The molecule has 0 rings (SSSR count). The van der Waals surface area contributed by atoms with Gasteiger partial charge in [-0.05, 0) is 12.8 Å². The topological polar surface area (TPSA) is 17.1 Å². The fourth-order valence-corrected chi connectivity index (χ4v) is 7.28. The van der Waals surface area contributed by atoms with Gasteiger partial charge in [0.15, 0.2) is 0 Å². The van der Waals surface area contributed by atoms with E-state index in [1.807, 2.05) is 0 Å². The first-order valence-electron chi connectivity index (χ1n) is 22.3. The summed E-state index contributed by atoms with van der Waals surface area (Å²) in [6.07, 6.45) is 58.3. The van der Waals surface area contributed by atoms with E-state index in [4.69, 9.17) is 0 Å². The molecule has 0 aliphatic heterocycles. The van der Waals surface area contributed by atoms with Crippen LogP contribution in [0.2, 0.25) is 0 Å². The van der Waals surface area contributed by atoms with E-state index < -0.39 is 0 Å². The quantitative estimate of drug-likeness (QED) is 0.0594. The Bertz CT molecular complexity index is 493. The molecule has 1 nitrogen and oxygen atoms in total. The van der Waals surface area contributed by atoms with Crippen molar-refractivity contribution < 1.29 is 4.79 Å². The molecule has 47 heavy (non-hydrogen) atoms. The molecule has 0 spiro atoms. The van der Waals surface area contributed by atoms with Crippen molar-refractivity contribution in [1.82, 2.24) is 0 Å². The summed E-state index contributed by atoms with van der Waals surface area (Å²) >= 11 is 0. The van der Waals surface area contributed by atoms with Crippen LogP contribution in [0.25, 0.3) is 0 Å². The standard InChI is InChI=1S/C45H90O.CH4/c1-3-5-7-9-11-13-15-17-19-21-23-25-27-29-31-33-35-37-39-41-43-45(46)44-42-40-38-36-34-32-30-28-26-24-22-20-18-16-14-12-10-8-6-4-2;/h3-44H2,1-2H3;1H4. The molecule has 0 saturated carbocycles. The highest BCUT2D eigenvalue weighted by Crippen LogP contribution is 2.17. The van der Waals surface area contributed by atoms with Crippen LogP contribution >= 0.6 is 0 Å². The number of Topliss-reactive ketones (excluding diaryl/α,β-unsaturated/α-hetero) is 1. The molecule has 0 saturated heterocycles. The normalized spacial score (nSPS) is 11.3. The fraction of sp³-hybridized carbons (Fsp3) is 0.978. The van der Waals surface area contributed by atoms with E-state index in [1.165, 1.54) is 244 Å². The van der Waals surface area contributed by atoms with Gasteiger partial charge in [0.05, 0.1) is 0 Å². The number of hydrogen-bond donors (Lipinski definition) is 0. The van der Waals surface area contributed by atoms with Gasteiger partial charge in [-0.1, -0.05) is 265 Å². The predicted molar refractivity (Wildman–Crippen MR) is 217 cm³/mol. The third-order valence-electron chi connectivity index (χ3n) is 10.6. The van der Waals surface area contributed by atoms with Crippen LogP contribution in [0.1, 0.15) is 291 Å². The van der Waals surface area contributed by atoms with E-state index in [2.05, 4.69) is 13.8 Å². The van der Waals surface area contributed by atoms with Crippen LogP contribution in [0.15, 0.2) is 0 Å². The van der Waals surface area contributed by atoms with E-state index in [0.29, 0.717) is 5.78 Å². The van der Waals surface area contributed by atoms with Crippen molar-refractivity contribution in [3.05, 3.63) is 0 Å². The molecule has 0 atom stereocenters. The largest absolute Gasteiger partial charge is 0.300 e. The average molecular weight is 663 g/mol. The molecule has 0 radical (unpaired) electrons. The smallest absolute Gasteiger partial charge is 0.132 e. The molecule has 0 aliphatic rings.